The summed E-state index contributed by atoms with van der Waals surface area (Å²) >= 11 is 3.39. The minimum atomic E-state index is -0.123. The lowest BCUT2D eigenvalue weighted by atomic mass is 10.1. The van der Waals surface area contributed by atoms with Crippen molar-refractivity contribution in [1.29, 1.82) is 0 Å². The normalized spacial score (nSPS) is 17.1. The van der Waals surface area contributed by atoms with Gasteiger partial charge in [0, 0.05) is 13.1 Å². The van der Waals surface area contributed by atoms with Gasteiger partial charge >= 0.3 is 0 Å². The minimum absolute atomic E-state index is 0.0342. The standard InChI is InChI=1S/C15H21BrN2O/c1-2-12(16)15(19)17-13-8-4-5-9-14(13)18-10-6-3-7-11-18/h4-5,8-9,12H,2-3,6-7,10-11H2,1H3,(H,17,19). The van der Waals surface area contributed by atoms with E-state index in [1.807, 2.05) is 25.1 Å². The Morgan fingerprint density at radius 3 is 2.68 bits per heavy atom. The molecule has 1 saturated heterocycles. The van der Waals surface area contributed by atoms with Crippen molar-refractivity contribution >= 4 is 33.2 Å². The van der Waals surface area contributed by atoms with Gasteiger partial charge in [0.2, 0.25) is 5.91 Å². The predicted molar refractivity (Wildman–Crippen MR) is 84.1 cm³/mol. The fourth-order valence-electron chi connectivity index (χ4n) is 2.39. The van der Waals surface area contributed by atoms with Crippen molar-refractivity contribution in [2.75, 3.05) is 23.3 Å². The minimum Gasteiger partial charge on any atom is -0.370 e. The number of carbonyl (C=O) groups excluding carboxylic acids is 1. The number of alkyl halides is 1. The van der Waals surface area contributed by atoms with E-state index in [1.54, 1.807) is 0 Å². The molecule has 1 aromatic rings. The lowest BCUT2D eigenvalue weighted by molar-refractivity contribution is -0.115. The molecule has 104 valence electrons. The van der Waals surface area contributed by atoms with Crippen molar-refractivity contribution in [2.24, 2.45) is 0 Å². The van der Waals surface area contributed by atoms with Crippen molar-refractivity contribution in [3.05, 3.63) is 24.3 Å². The molecule has 0 radical (unpaired) electrons. The molecule has 1 aromatic carbocycles. The average molecular weight is 325 g/mol. The average Bonchev–Trinajstić information content (AvgIpc) is 2.47. The number of nitrogens with one attached hydrogen (secondary N) is 1. The fraction of sp³-hybridized carbons (Fsp3) is 0.533. The molecular formula is C15H21BrN2O. The first-order chi connectivity index (χ1) is 9.22. The number of anilines is 2. The highest BCUT2D eigenvalue weighted by Crippen LogP contribution is 2.28. The summed E-state index contributed by atoms with van der Waals surface area (Å²) in [5.74, 6) is 0.0342. The summed E-state index contributed by atoms with van der Waals surface area (Å²) < 4.78 is 0. The summed E-state index contributed by atoms with van der Waals surface area (Å²) in [5.41, 5.74) is 2.07. The molecule has 1 atom stereocenters. The lowest BCUT2D eigenvalue weighted by Gasteiger charge is -2.30. The number of hydrogen-bond acceptors (Lipinski definition) is 2. The summed E-state index contributed by atoms with van der Waals surface area (Å²) in [6.45, 7) is 4.16. The van der Waals surface area contributed by atoms with Crippen LogP contribution in [0.4, 0.5) is 11.4 Å². The van der Waals surface area contributed by atoms with Gasteiger partial charge in [-0.2, -0.15) is 0 Å². The molecule has 2 rings (SSSR count). The summed E-state index contributed by atoms with van der Waals surface area (Å²) in [5, 5.41) is 3.03. The zero-order valence-electron chi connectivity index (χ0n) is 11.4. The van der Waals surface area contributed by atoms with Gasteiger partial charge in [0.15, 0.2) is 0 Å². The molecule has 4 heteroatoms. The van der Waals surface area contributed by atoms with E-state index in [0.717, 1.165) is 30.9 Å². The van der Waals surface area contributed by atoms with Gasteiger partial charge in [-0.25, -0.2) is 0 Å². The maximum absolute atomic E-state index is 12.0. The van der Waals surface area contributed by atoms with Gasteiger partial charge in [-0.1, -0.05) is 35.0 Å². The molecule has 19 heavy (non-hydrogen) atoms. The molecule has 1 fully saturated rings. The van der Waals surface area contributed by atoms with Crippen molar-refractivity contribution in [1.82, 2.24) is 0 Å². The topological polar surface area (TPSA) is 32.3 Å². The number of benzene rings is 1. The molecule has 1 unspecified atom stereocenters. The van der Waals surface area contributed by atoms with E-state index in [1.165, 1.54) is 19.3 Å². The fourth-order valence-corrected chi connectivity index (χ4v) is 2.50. The van der Waals surface area contributed by atoms with Gasteiger partial charge in [0.1, 0.15) is 0 Å². The second kappa shape index (κ2) is 6.94. The smallest absolute Gasteiger partial charge is 0.238 e. The largest absolute Gasteiger partial charge is 0.370 e. The van der Waals surface area contributed by atoms with Crippen LogP contribution >= 0.6 is 15.9 Å². The molecule has 0 aromatic heterocycles. The molecule has 1 amide bonds. The first kappa shape index (κ1) is 14.4. The molecule has 0 aliphatic carbocycles. The van der Waals surface area contributed by atoms with Crippen LogP contribution in [0.2, 0.25) is 0 Å². The van der Waals surface area contributed by atoms with Crippen LogP contribution in [0, 0.1) is 0 Å². The van der Waals surface area contributed by atoms with E-state index in [2.05, 4.69) is 32.2 Å². The van der Waals surface area contributed by atoms with E-state index < -0.39 is 0 Å². The Kier molecular flexibility index (Phi) is 5.25. The van der Waals surface area contributed by atoms with Crippen LogP contribution in [0.3, 0.4) is 0 Å². The first-order valence-corrected chi connectivity index (χ1v) is 7.93. The monoisotopic (exact) mass is 324 g/mol. The van der Waals surface area contributed by atoms with Crippen molar-refractivity contribution in [3.8, 4) is 0 Å². The Hall–Kier alpha value is -1.03. The number of hydrogen-bond donors (Lipinski definition) is 1. The molecule has 1 N–H and O–H groups in total. The number of carbonyl (C=O) groups is 1. The van der Waals surface area contributed by atoms with E-state index in [0.29, 0.717) is 0 Å². The van der Waals surface area contributed by atoms with Crippen LogP contribution in [0.5, 0.6) is 0 Å². The maximum Gasteiger partial charge on any atom is 0.238 e. The molecule has 1 heterocycles. The Morgan fingerprint density at radius 2 is 2.00 bits per heavy atom. The Balaban J connectivity index is 2.13. The summed E-state index contributed by atoms with van der Waals surface area (Å²) in [6.07, 6.45) is 4.57. The van der Waals surface area contributed by atoms with Crippen LogP contribution in [-0.2, 0) is 4.79 Å². The lowest BCUT2D eigenvalue weighted by Crippen LogP contribution is -2.31. The number of amides is 1. The molecule has 0 spiro atoms. The van der Waals surface area contributed by atoms with E-state index >= 15 is 0 Å². The summed E-state index contributed by atoms with van der Waals surface area (Å²) in [4.78, 5) is 14.2. The van der Waals surface area contributed by atoms with Gasteiger partial charge in [0.05, 0.1) is 16.2 Å². The van der Waals surface area contributed by atoms with Gasteiger partial charge in [-0.05, 0) is 37.8 Å². The predicted octanol–water partition coefficient (Wildman–Crippen LogP) is 3.79. The molecule has 1 aliphatic rings. The third-order valence-electron chi connectivity index (χ3n) is 3.50. The summed E-state index contributed by atoms with van der Waals surface area (Å²) in [6, 6.07) is 8.08. The molecule has 0 bridgehead atoms. The molecule has 3 nitrogen and oxygen atoms in total. The number of para-hydroxylation sites is 2. The Morgan fingerprint density at radius 1 is 1.32 bits per heavy atom. The zero-order chi connectivity index (χ0) is 13.7. The third-order valence-corrected chi connectivity index (χ3v) is 4.56. The van der Waals surface area contributed by atoms with Crippen LogP contribution in [0.25, 0.3) is 0 Å². The van der Waals surface area contributed by atoms with Gasteiger partial charge in [-0.15, -0.1) is 0 Å². The first-order valence-electron chi connectivity index (χ1n) is 7.01. The highest BCUT2D eigenvalue weighted by Gasteiger charge is 2.17. The van der Waals surface area contributed by atoms with Crippen molar-refractivity contribution in [2.45, 2.75) is 37.4 Å². The molecular weight excluding hydrogens is 304 g/mol. The highest BCUT2D eigenvalue weighted by molar-refractivity contribution is 9.10. The second-order valence-corrected chi connectivity index (χ2v) is 6.04. The van der Waals surface area contributed by atoms with Gasteiger partial charge in [0.25, 0.3) is 0 Å². The molecule has 0 saturated carbocycles. The molecule has 1 aliphatic heterocycles. The second-order valence-electron chi connectivity index (χ2n) is 4.93. The van der Waals surface area contributed by atoms with Crippen LogP contribution in [0.15, 0.2) is 24.3 Å². The number of piperidine rings is 1. The van der Waals surface area contributed by atoms with Gasteiger partial charge in [-0.3, -0.25) is 4.79 Å². The van der Waals surface area contributed by atoms with Crippen LogP contribution < -0.4 is 10.2 Å². The summed E-state index contributed by atoms with van der Waals surface area (Å²) in [7, 11) is 0. The van der Waals surface area contributed by atoms with Crippen molar-refractivity contribution in [3.63, 3.8) is 0 Å². The maximum atomic E-state index is 12.0. The van der Waals surface area contributed by atoms with Gasteiger partial charge < -0.3 is 10.2 Å². The Labute approximate surface area is 123 Å². The SMILES string of the molecule is CCC(Br)C(=O)Nc1ccccc1N1CCCCC1. The van der Waals surface area contributed by atoms with E-state index in [-0.39, 0.29) is 10.7 Å². The Bertz CT molecular complexity index is 430. The highest BCUT2D eigenvalue weighted by atomic mass is 79.9. The number of halogens is 1. The number of rotatable bonds is 4. The van der Waals surface area contributed by atoms with E-state index in [9.17, 15) is 4.79 Å². The van der Waals surface area contributed by atoms with Crippen molar-refractivity contribution < 1.29 is 4.79 Å². The van der Waals surface area contributed by atoms with Crippen LogP contribution in [-0.4, -0.2) is 23.8 Å². The van der Waals surface area contributed by atoms with Crippen LogP contribution in [0.1, 0.15) is 32.6 Å². The quantitative estimate of drug-likeness (QED) is 0.854. The number of nitrogens with zero attached hydrogens (tertiary/aromatic N) is 1. The zero-order valence-corrected chi connectivity index (χ0v) is 12.9. The van der Waals surface area contributed by atoms with E-state index in [4.69, 9.17) is 0 Å². The third kappa shape index (κ3) is 3.72.